The number of nitrogens with zero attached hydrogens (tertiary/aromatic N) is 4. The number of amides is 1. The van der Waals surface area contributed by atoms with Crippen molar-refractivity contribution in [1.82, 2.24) is 19.4 Å². The lowest BCUT2D eigenvalue weighted by atomic mass is 10.1. The minimum Gasteiger partial charge on any atom is -0.493 e. The van der Waals surface area contributed by atoms with Crippen molar-refractivity contribution in [3.05, 3.63) is 30.3 Å². The van der Waals surface area contributed by atoms with Crippen LogP contribution in [0.25, 0.3) is 22.2 Å². The second kappa shape index (κ2) is 8.14. The fourth-order valence-corrected chi connectivity index (χ4v) is 4.04. The Morgan fingerprint density at radius 3 is 2.71 bits per heavy atom. The largest absolute Gasteiger partial charge is 0.493 e. The van der Waals surface area contributed by atoms with Crippen LogP contribution < -0.4 is 14.8 Å². The summed E-state index contributed by atoms with van der Waals surface area (Å²) in [4.78, 5) is 23.1. The third-order valence-corrected chi connectivity index (χ3v) is 5.65. The number of ether oxygens (including phenoxy) is 2. The summed E-state index contributed by atoms with van der Waals surface area (Å²) < 4.78 is 26.8. The molecule has 3 aromatic heterocycles. The molecule has 1 aliphatic rings. The number of methoxy groups -OCH3 is 2. The van der Waals surface area contributed by atoms with Gasteiger partial charge >= 0.3 is 0 Å². The van der Waals surface area contributed by atoms with Crippen LogP contribution in [0.1, 0.15) is 6.42 Å². The van der Waals surface area contributed by atoms with Gasteiger partial charge in [0.1, 0.15) is 11.4 Å². The summed E-state index contributed by atoms with van der Waals surface area (Å²) in [6.07, 6.45) is 3.65. The number of aromatic nitrogens is 3. The van der Waals surface area contributed by atoms with Crippen LogP contribution in [0.3, 0.4) is 0 Å². The molecule has 0 aromatic carbocycles. The van der Waals surface area contributed by atoms with E-state index >= 15 is 0 Å². The van der Waals surface area contributed by atoms with Crippen LogP contribution in [0.4, 0.5) is 10.2 Å². The van der Waals surface area contributed by atoms with Gasteiger partial charge in [-0.25, -0.2) is 14.4 Å². The lowest BCUT2D eigenvalue weighted by Gasteiger charge is -2.13. The molecule has 1 saturated carbocycles. The number of hydrogen-bond acceptors (Lipinski definition) is 6. The van der Waals surface area contributed by atoms with E-state index < -0.39 is 5.82 Å². The van der Waals surface area contributed by atoms with Crippen molar-refractivity contribution in [1.29, 1.82) is 0 Å². The summed E-state index contributed by atoms with van der Waals surface area (Å²) in [6.45, 7) is 0.901. The number of carbonyl (C=O) groups is 1. The van der Waals surface area contributed by atoms with E-state index in [9.17, 15) is 9.18 Å². The number of fused-ring (bicyclic) bond motifs is 1. The number of aryl methyl sites for hydroxylation is 1. The van der Waals surface area contributed by atoms with Gasteiger partial charge in [0, 0.05) is 24.9 Å². The molecule has 2 atom stereocenters. The van der Waals surface area contributed by atoms with E-state index in [2.05, 4.69) is 20.2 Å². The molecule has 0 radical (unpaired) electrons. The maximum Gasteiger partial charge on any atom is 0.228 e. The normalized spacial score (nSPS) is 17.8. The van der Waals surface area contributed by atoms with Crippen LogP contribution in [0, 0.1) is 17.7 Å². The Labute approximate surface area is 180 Å². The molecule has 0 bridgehead atoms. The van der Waals surface area contributed by atoms with Crippen LogP contribution in [0.5, 0.6) is 11.6 Å². The molecule has 0 saturated heterocycles. The second-order valence-electron chi connectivity index (χ2n) is 8.09. The lowest BCUT2D eigenvalue weighted by Crippen LogP contribution is -2.20. The molecular formula is C22H26FN5O3. The quantitative estimate of drug-likeness (QED) is 0.625. The van der Waals surface area contributed by atoms with Gasteiger partial charge in [-0.05, 0) is 38.6 Å². The standard InChI is InChI=1S/C22H26FN5O3/c1-27(2)11-13-6-14(13)21(29)26-18-8-12-7-16(28(3)17(12)10-24-18)19-20(30-4)15(23)9-25-22(19)31-5/h7-10,13-14H,6,11H2,1-5H3,(H,24,26,29)/t13-,14+/m0/s1. The number of pyridine rings is 2. The first-order valence-corrected chi connectivity index (χ1v) is 10.0. The molecule has 0 unspecified atom stereocenters. The number of anilines is 1. The zero-order chi connectivity index (χ0) is 22.3. The second-order valence-corrected chi connectivity index (χ2v) is 8.09. The summed E-state index contributed by atoms with van der Waals surface area (Å²) in [7, 11) is 8.74. The lowest BCUT2D eigenvalue weighted by molar-refractivity contribution is -0.117. The minimum atomic E-state index is -0.577. The highest BCUT2D eigenvalue weighted by molar-refractivity contribution is 5.96. The molecular weight excluding hydrogens is 401 g/mol. The summed E-state index contributed by atoms with van der Waals surface area (Å²) in [5.74, 6) is 0.632. The maximum atomic E-state index is 14.3. The molecule has 164 valence electrons. The molecule has 0 spiro atoms. The Morgan fingerprint density at radius 2 is 2.03 bits per heavy atom. The van der Waals surface area contributed by atoms with Crippen molar-refractivity contribution in [2.24, 2.45) is 18.9 Å². The summed E-state index contributed by atoms with van der Waals surface area (Å²) in [6, 6.07) is 3.69. The molecule has 3 aromatic rings. The van der Waals surface area contributed by atoms with Crippen LogP contribution in [-0.2, 0) is 11.8 Å². The van der Waals surface area contributed by atoms with Crippen molar-refractivity contribution in [2.45, 2.75) is 6.42 Å². The van der Waals surface area contributed by atoms with Crippen molar-refractivity contribution >= 4 is 22.6 Å². The molecule has 9 heteroatoms. The Balaban J connectivity index is 1.65. The minimum absolute atomic E-state index is 0.00692. The van der Waals surface area contributed by atoms with Crippen molar-refractivity contribution < 1.29 is 18.7 Å². The van der Waals surface area contributed by atoms with Gasteiger partial charge in [-0.2, -0.15) is 0 Å². The molecule has 0 aliphatic heterocycles. The smallest absolute Gasteiger partial charge is 0.228 e. The zero-order valence-electron chi connectivity index (χ0n) is 18.3. The molecule has 4 rings (SSSR count). The highest BCUT2D eigenvalue weighted by atomic mass is 19.1. The van der Waals surface area contributed by atoms with Gasteiger partial charge in [0.25, 0.3) is 0 Å². The van der Waals surface area contributed by atoms with Crippen LogP contribution >= 0.6 is 0 Å². The average molecular weight is 427 g/mol. The van der Waals surface area contributed by atoms with Crippen molar-refractivity contribution in [3.8, 4) is 22.9 Å². The predicted molar refractivity (Wildman–Crippen MR) is 116 cm³/mol. The summed E-state index contributed by atoms with van der Waals surface area (Å²) >= 11 is 0. The number of rotatable bonds is 7. The Hall–Kier alpha value is -3.20. The van der Waals surface area contributed by atoms with E-state index in [1.807, 2.05) is 37.8 Å². The van der Waals surface area contributed by atoms with Crippen LogP contribution in [0.15, 0.2) is 24.5 Å². The number of carbonyl (C=O) groups excluding carboxylic acids is 1. The molecule has 1 aliphatic carbocycles. The van der Waals surface area contributed by atoms with Crippen LogP contribution in [-0.4, -0.2) is 60.2 Å². The van der Waals surface area contributed by atoms with Gasteiger partial charge in [-0.15, -0.1) is 0 Å². The van der Waals surface area contributed by atoms with E-state index in [0.29, 0.717) is 23.0 Å². The highest BCUT2D eigenvalue weighted by Gasteiger charge is 2.43. The number of halogens is 1. The summed E-state index contributed by atoms with van der Waals surface area (Å²) in [5, 5.41) is 3.77. The first kappa shape index (κ1) is 21.0. The van der Waals surface area contributed by atoms with Gasteiger partial charge < -0.3 is 24.3 Å². The first-order valence-electron chi connectivity index (χ1n) is 10.0. The third kappa shape index (κ3) is 3.93. The van der Waals surface area contributed by atoms with Gasteiger partial charge in [-0.1, -0.05) is 0 Å². The number of nitrogens with one attached hydrogen (secondary N) is 1. The van der Waals surface area contributed by atoms with Gasteiger partial charge in [0.2, 0.25) is 11.8 Å². The Bertz CT molecular complexity index is 1140. The molecule has 1 N–H and O–H groups in total. The molecule has 31 heavy (non-hydrogen) atoms. The zero-order valence-corrected chi connectivity index (χ0v) is 18.3. The fraction of sp³-hybridized carbons (Fsp3) is 0.409. The fourth-order valence-electron chi connectivity index (χ4n) is 4.04. The average Bonchev–Trinajstić information content (AvgIpc) is 3.42. The Kier molecular flexibility index (Phi) is 5.53. The van der Waals surface area contributed by atoms with Crippen LogP contribution in [0.2, 0.25) is 0 Å². The van der Waals surface area contributed by atoms with Gasteiger partial charge in [0.05, 0.1) is 37.8 Å². The molecule has 1 fully saturated rings. The van der Waals surface area contributed by atoms with Gasteiger partial charge in [0.15, 0.2) is 11.6 Å². The summed E-state index contributed by atoms with van der Waals surface area (Å²) in [5.41, 5.74) is 1.89. The van der Waals surface area contributed by atoms with Crippen molar-refractivity contribution in [2.75, 3.05) is 40.2 Å². The van der Waals surface area contributed by atoms with Crippen molar-refractivity contribution in [3.63, 3.8) is 0 Å². The predicted octanol–water partition coefficient (Wildman–Crippen LogP) is 2.93. The molecule has 8 nitrogen and oxygen atoms in total. The highest BCUT2D eigenvalue weighted by Crippen LogP contribution is 2.41. The first-order chi connectivity index (χ1) is 14.8. The molecule has 1 amide bonds. The van der Waals surface area contributed by atoms with E-state index in [1.54, 1.807) is 6.20 Å². The van der Waals surface area contributed by atoms with Gasteiger partial charge in [-0.3, -0.25) is 4.79 Å². The third-order valence-electron chi connectivity index (χ3n) is 5.65. The Morgan fingerprint density at radius 1 is 1.26 bits per heavy atom. The SMILES string of the molecule is COc1ncc(F)c(OC)c1-c1cc2cc(NC(=O)[C@@H]3C[C@H]3CN(C)C)ncc2n1C. The number of hydrogen-bond donors (Lipinski definition) is 1. The van der Waals surface area contributed by atoms with E-state index in [-0.39, 0.29) is 23.5 Å². The van der Waals surface area contributed by atoms with E-state index in [1.165, 1.54) is 14.2 Å². The molecule has 3 heterocycles. The topological polar surface area (TPSA) is 81.5 Å². The van der Waals surface area contributed by atoms with E-state index in [0.717, 1.165) is 30.1 Å². The maximum absolute atomic E-state index is 14.3. The monoisotopic (exact) mass is 427 g/mol. The van der Waals surface area contributed by atoms with E-state index in [4.69, 9.17) is 9.47 Å².